The highest BCUT2D eigenvalue weighted by molar-refractivity contribution is 6.30. The van der Waals surface area contributed by atoms with Gasteiger partial charge in [0.15, 0.2) is 0 Å². The maximum absolute atomic E-state index is 13.2. The monoisotopic (exact) mass is 416 g/mol. The first-order chi connectivity index (χ1) is 13.8. The van der Waals surface area contributed by atoms with Crippen molar-refractivity contribution < 1.29 is 4.39 Å². The lowest BCUT2D eigenvalue weighted by atomic mass is 10.1. The number of halogens is 2. The second-order valence-electron chi connectivity index (χ2n) is 6.98. The van der Waals surface area contributed by atoms with Gasteiger partial charge in [-0.3, -0.25) is 4.57 Å². The number of rotatable bonds is 7. The van der Waals surface area contributed by atoms with E-state index < -0.39 is 11.4 Å². The molecule has 3 aromatic rings. The molecule has 0 saturated carbocycles. The molecule has 0 spiro atoms. The van der Waals surface area contributed by atoms with E-state index in [1.807, 2.05) is 18.2 Å². The normalized spacial score (nSPS) is 11.1. The van der Waals surface area contributed by atoms with Gasteiger partial charge in [-0.05, 0) is 55.7 Å². The molecule has 6 nitrogen and oxygen atoms in total. The predicted octanol–water partition coefficient (Wildman–Crippen LogP) is 3.48. The van der Waals surface area contributed by atoms with Crippen LogP contribution in [-0.4, -0.2) is 20.7 Å². The van der Waals surface area contributed by atoms with Crippen molar-refractivity contribution in [3.63, 3.8) is 0 Å². The van der Waals surface area contributed by atoms with Crippen molar-refractivity contribution in [3.8, 4) is 0 Å². The summed E-state index contributed by atoms with van der Waals surface area (Å²) in [7, 11) is 0. The summed E-state index contributed by atoms with van der Waals surface area (Å²) in [6, 6.07) is 13.0. The molecule has 0 aliphatic carbocycles. The second-order valence-corrected chi connectivity index (χ2v) is 7.42. The minimum absolute atomic E-state index is 0.165. The van der Waals surface area contributed by atoms with Crippen LogP contribution >= 0.6 is 11.6 Å². The molecular formula is C21H22ClFN4O2. The lowest BCUT2D eigenvalue weighted by molar-refractivity contribution is 0.496. The Morgan fingerprint density at radius 2 is 1.83 bits per heavy atom. The Bertz CT molecular complexity index is 1110. The summed E-state index contributed by atoms with van der Waals surface area (Å²) in [4.78, 5) is 29.4. The molecule has 0 amide bonds. The summed E-state index contributed by atoms with van der Waals surface area (Å²) >= 11 is 6.01. The number of benzene rings is 2. The van der Waals surface area contributed by atoms with E-state index in [2.05, 4.69) is 10.3 Å². The maximum atomic E-state index is 13.2. The third-order valence-corrected chi connectivity index (χ3v) is 4.69. The van der Waals surface area contributed by atoms with E-state index in [1.165, 1.54) is 16.7 Å². The Hall–Kier alpha value is -2.93. The molecule has 152 valence electrons. The van der Waals surface area contributed by atoms with Gasteiger partial charge in [-0.1, -0.05) is 35.9 Å². The minimum Gasteiger partial charge on any atom is -0.355 e. The van der Waals surface area contributed by atoms with Gasteiger partial charge in [-0.2, -0.15) is 4.98 Å². The molecule has 1 heterocycles. The molecule has 29 heavy (non-hydrogen) atoms. The number of nitrogens with zero attached hydrogens (tertiary/aromatic N) is 3. The van der Waals surface area contributed by atoms with Crippen LogP contribution in [0.4, 0.5) is 10.3 Å². The lowest BCUT2D eigenvalue weighted by Crippen LogP contribution is -2.44. The van der Waals surface area contributed by atoms with Crippen LogP contribution in [0, 0.1) is 5.82 Å². The van der Waals surface area contributed by atoms with E-state index in [1.54, 1.807) is 32.0 Å². The van der Waals surface area contributed by atoms with Crippen LogP contribution in [0.2, 0.25) is 5.02 Å². The molecule has 0 bridgehead atoms. The quantitative estimate of drug-likeness (QED) is 0.640. The zero-order valence-corrected chi connectivity index (χ0v) is 17.0. The highest BCUT2D eigenvalue weighted by atomic mass is 35.5. The van der Waals surface area contributed by atoms with Crippen molar-refractivity contribution in [2.45, 2.75) is 32.9 Å². The second kappa shape index (κ2) is 9.05. The Morgan fingerprint density at radius 1 is 1.10 bits per heavy atom. The SMILES string of the molecule is CC(C)n1c(=O)nc(NCCc2cccc(Cl)c2)n(Cc2ccc(F)cc2)c1=O. The Kier molecular flexibility index (Phi) is 6.49. The van der Waals surface area contributed by atoms with E-state index in [4.69, 9.17) is 11.6 Å². The molecular weight excluding hydrogens is 395 g/mol. The van der Waals surface area contributed by atoms with Gasteiger partial charge < -0.3 is 5.32 Å². The summed E-state index contributed by atoms with van der Waals surface area (Å²) in [6.07, 6.45) is 0.639. The Balaban J connectivity index is 1.90. The lowest BCUT2D eigenvalue weighted by Gasteiger charge is -2.17. The van der Waals surface area contributed by atoms with Gasteiger partial charge in [0.1, 0.15) is 5.82 Å². The third kappa shape index (κ3) is 5.12. The summed E-state index contributed by atoms with van der Waals surface area (Å²) in [6.45, 7) is 4.12. The number of aromatic nitrogens is 3. The van der Waals surface area contributed by atoms with Gasteiger partial charge in [-0.15, -0.1) is 0 Å². The highest BCUT2D eigenvalue weighted by Gasteiger charge is 2.15. The molecule has 1 aromatic heterocycles. The Morgan fingerprint density at radius 3 is 2.48 bits per heavy atom. The van der Waals surface area contributed by atoms with Gasteiger partial charge in [-0.25, -0.2) is 18.5 Å². The van der Waals surface area contributed by atoms with Crippen LogP contribution in [0.25, 0.3) is 0 Å². The topological polar surface area (TPSA) is 68.9 Å². The third-order valence-electron chi connectivity index (χ3n) is 4.46. The molecule has 2 aromatic carbocycles. The van der Waals surface area contributed by atoms with E-state index >= 15 is 0 Å². The molecule has 3 rings (SSSR count). The zero-order chi connectivity index (χ0) is 21.0. The minimum atomic E-state index is -0.606. The fourth-order valence-electron chi connectivity index (χ4n) is 3.01. The van der Waals surface area contributed by atoms with Gasteiger partial charge in [0.25, 0.3) is 0 Å². The number of hydrogen-bond acceptors (Lipinski definition) is 4. The smallest absolute Gasteiger partial charge is 0.355 e. The van der Waals surface area contributed by atoms with Crippen LogP contribution in [0.15, 0.2) is 58.1 Å². The molecule has 0 aliphatic heterocycles. The van der Waals surface area contributed by atoms with Gasteiger partial charge in [0.2, 0.25) is 5.95 Å². The molecule has 8 heteroatoms. The van der Waals surface area contributed by atoms with Crippen LogP contribution < -0.4 is 16.7 Å². The van der Waals surface area contributed by atoms with Gasteiger partial charge in [0, 0.05) is 17.6 Å². The Labute approximate surface area is 172 Å². The zero-order valence-electron chi connectivity index (χ0n) is 16.2. The average molecular weight is 417 g/mol. The maximum Gasteiger partial charge on any atom is 0.355 e. The largest absolute Gasteiger partial charge is 0.355 e. The van der Waals surface area contributed by atoms with Crippen molar-refractivity contribution in [1.82, 2.24) is 14.1 Å². The first kappa shape index (κ1) is 20.8. The van der Waals surface area contributed by atoms with Crippen molar-refractivity contribution in [2.75, 3.05) is 11.9 Å². The summed E-state index contributed by atoms with van der Waals surface area (Å²) in [5.41, 5.74) is 0.676. The molecule has 0 unspecified atom stereocenters. The number of hydrogen-bond donors (Lipinski definition) is 1. The first-order valence-electron chi connectivity index (χ1n) is 9.31. The van der Waals surface area contributed by atoms with Crippen molar-refractivity contribution in [2.24, 2.45) is 0 Å². The number of nitrogens with one attached hydrogen (secondary N) is 1. The summed E-state index contributed by atoms with van der Waals surface area (Å²) in [5.74, 6) is -0.172. The van der Waals surface area contributed by atoms with Crippen LogP contribution in [0.5, 0.6) is 0 Å². The number of anilines is 1. The van der Waals surface area contributed by atoms with Crippen molar-refractivity contribution >= 4 is 17.5 Å². The highest BCUT2D eigenvalue weighted by Crippen LogP contribution is 2.12. The molecule has 0 saturated heterocycles. The molecule has 0 fully saturated rings. The van der Waals surface area contributed by atoms with Crippen LogP contribution in [0.3, 0.4) is 0 Å². The van der Waals surface area contributed by atoms with E-state index in [-0.39, 0.29) is 24.4 Å². The average Bonchev–Trinajstić information content (AvgIpc) is 2.66. The molecule has 0 aliphatic rings. The fourth-order valence-corrected chi connectivity index (χ4v) is 3.22. The van der Waals surface area contributed by atoms with Gasteiger partial charge in [0.05, 0.1) is 6.54 Å². The molecule has 0 radical (unpaired) electrons. The van der Waals surface area contributed by atoms with Crippen LogP contribution in [-0.2, 0) is 13.0 Å². The van der Waals surface area contributed by atoms with E-state index in [0.717, 1.165) is 15.7 Å². The standard InChI is InChI=1S/C21H22ClFN4O2/c1-14(2)27-20(28)25-19(24-11-10-15-4-3-5-17(22)12-15)26(21(27)29)13-16-6-8-18(23)9-7-16/h3-9,12,14H,10-11,13H2,1-2H3,(H,24,25,28). The summed E-state index contributed by atoms with van der Waals surface area (Å²) in [5, 5.41) is 3.73. The van der Waals surface area contributed by atoms with Crippen LogP contribution in [0.1, 0.15) is 31.0 Å². The first-order valence-corrected chi connectivity index (χ1v) is 9.69. The fraction of sp³-hybridized carbons (Fsp3) is 0.286. The van der Waals surface area contributed by atoms with E-state index in [9.17, 15) is 14.0 Å². The summed E-state index contributed by atoms with van der Waals surface area (Å²) < 4.78 is 15.7. The van der Waals surface area contributed by atoms with E-state index in [0.29, 0.717) is 18.0 Å². The molecule has 1 N–H and O–H groups in total. The van der Waals surface area contributed by atoms with Crippen molar-refractivity contribution in [1.29, 1.82) is 0 Å². The molecule has 0 atom stereocenters. The predicted molar refractivity (Wildman–Crippen MR) is 112 cm³/mol. The van der Waals surface area contributed by atoms with Crippen molar-refractivity contribution in [3.05, 3.63) is 91.5 Å². The van der Waals surface area contributed by atoms with Gasteiger partial charge >= 0.3 is 11.4 Å².